The molecule has 122 valence electrons. The van der Waals surface area contributed by atoms with Crippen LogP contribution in [0.1, 0.15) is 80.6 Å². The topological polar surface area (TPSA) is 17.1 Å². The molecule has 22 heavy (non-hydrogen) atoms. The van der Waals surface area contributed by atoms with E-state index < -0.39 is 17.8 Å². The zero-order valence-corrected chi connectivity index (χ0v) is 13.6. The number of unbranched alkanes of at least 4 members (excludes halogenated alkanes) is 1. The van der Waals surface area contributed by atoms with Gasteiger partial charge in [0.15, 0.2) is 12.0 Å². The second-order valence-electron chi connectivity index (χ2n) is 6.58. The highest BCUT2D eigenvalue weighted by molar-refractivity contribution is 5.99. The number of hydrogen-bond acceptors (Lipinski definition) is 1. The molecule has 1 aromatic rings. The first-order valence-corrected chi connectivity index (χ1v) is 8.50. The molecule has 1 aromatic carbocycles. The molecule has 0 saturated heterocycles. The molecule has 0 heterocycles. The van der Waals surface area contributed by atoms with Crippen LogP contribution in [-0.2, 0) is 0 Å². The number of alkyl halides is 1. The van der Waals surface area contributed by atoms with Crippen LogP contribution >= 0.6 is 0 Å². The summed E-state index contributed by atoms with van der Waals surface area (Å²) >= 11 is 0. The first kappa shape index (κ1) is 17.1. The smallest absolute Gasteiger partial charge is 0.199 e. The molecular weight excluding hydrogens is 282 g/mol. The fourth-order valence-corrected chi connectivity index (χ4v) is 3.48. The Morgan fingerprint density at radius 1 is 1.27 bits per heavy atom. The molecule has 1 atom stereocenters. The molecule has 0 amide bonds. The molecule has 0 bridgehead atoms. The van der Waals surface area contributed by atoms with Crippen LogP contribution in [0.5, 0.6) is 0 Å². The van der Waals surface area contributed by atoms with Crippen molar-refractivity contribution in [2.75, 3.05) is 0 Å². The second-order valence-corrected chi connectivity index (χ2v) is 6.58. The fourth-order valence-electron chi connectivity index (χ4n) is 3.48. The van der Waals surface area contributed by atoms with Crippen LogP contribution in [0.3, 0.4) is 0 Å². The maximum absolute atomic E-state index is 14.1. The third kappa shape index (κ3) is 4.15. The molecule has 0 aromatic heterocycles. The highest BCUT2D eigenvalue weighted by Crippen LogP contribution is 2.38. The van der Waals surface area contributed by atoms with E-state index in [2.05, 4.69) is 6.92 Å². The van der Waals surface area contributed by atoms with Crippen LogP contribution in [0.15, 0.2) is 18.2 Å². The third-order valence-corrected chi connectivity index (χ3v) is 4.90. The third-order valence-electron chi connectivity index (χ3n) is 4.90. The second kappa shape index (κ2) is 7.85. The van der Waals surface area contributed by atoms with Crippen molar-refractivity contribution in [1.82, 2.24) is 0 Å². The number of carbonyl (C=O) groups is 1. The summed E-state index contributed by atoms with van der Waals surface area (Å²) < 4.78 is 27.1. The van der Waals surface area contributed by atoms with Crippen molar-refractivity contribution in [3.05, 3.63) is 35.1 Å². The molecule has 0 N–H and O–H groups in total. The first-order chi connectivity index (χ1) is 10.5. The molecule has 1 unspecified atom stereocenters. The quantitative estimate of drug-likeness (QED) is 0.604. The van der Waals surface area contributed by atoms with E-state index in [0.717, 1.165) is 31.2 Å². The van der Waals surface area contributed by atoms with Gasteiger partial charge < -0.3 is 0 Å². The Balaban J connectivity index is 2.00. The summed E-state index contributed by atoms with van der Waals surface area (Å²) in [5.74, 6) is -0.166. The lowest BCUT2D eigenvalue weighted by atomic mass is 9.77. The summed E-state index contributed by atoms with van der Waals surface area (Å²) in [6, 6.07) is 4.69. The van der Waals surface area contributed by atoms with Crippen LogP contribution in [0.2, 0.25) is 0 Å². The van der Waals surface area contributed by atoms with E-state index in [1.165, 1.54) is 44.2 Å². The van der Waals surface area contributed by atoms with E-state index in [9.17, 15) is 13.6 Å². The van der Waals surface area contributed by atoms with E-state index in [1.807, 2.05) is 0 Å². The number of carbonyl (C=O) groups excluding carboxylic acids is 1. The summed E-state index contributed by atoms with van der Waals surface area (Å²) in [7, 11) is 0. The Hall–Kier alpha value is -1.25. The van der Waals surface area contributed by atoms with Crippen molar-refractivity contribution in [2.24, 2.45) is 5.92 Å². The molecule has 0 radical (unpaired) electrons. The van der Waals surface area contributed by atoms with Crippen molar-refractivity contribution in [1.29, 1.82) is 0 Å². The monoisotopic (exact) mass is 308 g/mol. The van der Waals surface area contributed by atoms with Gasteiger partial charge in [0.25, 0.3) is 0 Å². The number of benzene rings is 1. The van der Waals surface area contributed by atoms with E-state index in [4.69, 9.17) is 0 Å². The Bertz CT molecular complexity index is 502. The number of Topliss-reactive ketones (excluding diaryl/α,β-unsaturated/α-hetero) is 1. The summed E-state index contributed by atoms with van der Waals surface area (Å²) in [5, 5.41) is 0. The largest absolute Gasteiger partial charge is 0.291 e. The SMILES string of the molecule is CCCCC1CCC(c2ccc(C(=O)C(C)F)c(F)c2)CC1. The minimum absolute atomic E-state index is 0.129. The van der Waals surface area contributed by atoms with Gasteiger partial charge in [0.1, 0.15) is 5.82 Å². The van der Waals surface area contributed by atoms with E-state index in [-0.39, 0.29) is 5.56 Å². The zero-order valence-electron chi connectivity index (χ0n) is 13.6. The Kier molecular flexibility index (Phi) is 6.10. The molecular formula is C19H26F2O. The molecule has 1 saturated carbocycles. The summed E-state index contributed by atoms with van der Waals surface area (Å²) in [6.45, 7) is 3.36. The lowest BCUT2D eigenvalue weighted by Crippen LogP contribution is -2.16. The predicted octanol–water partition coefficient (Wildman–Crippen LogP) is 5.83. The average molecular weight is 308 g/mol. The normalized spacial score (nSPS) is 23.3. The highest BCUT2D eigenvalue weighted by atomic mass is 19.1. The lowest BCUT2D eigenvalue weighted by Gasteiger charge is -2.29. The first-order valence-electron chi connectivity index (χ1n) is 8.50. The van der Waals surface area contributed by atoms with Gasteiger partial charge in [-0.2, -0.15) is 0 Å². The Labute approximate surface area is 132 Å². The number of hydrogen-bond donors (Lipinski definition) is 0. The molecule has 1 aliphatic rings. The molecule has 3 heteroatoms. The van der Waals surface area contributed by atoms with Crippen LogP contribution in [0, 0.1) is 11.7 Å². The van der Waals surface area contributed by atoms with Gasteiger partial charge in [0.2, 0.25) is 0 Å². The minimum atomic E-state index is -1.66. The number of halogens is 2. The van der Waals surface area contributed by atoms with Crippen LogP contribution in [-0.4, -0.2) is 12.0 Å². The maximum Gasteiger partial charge on any atom is 0.199 e. The zero-order chi connectivity index (χ0) is 16.1. The molecule has 1 aliphatic carbocycles. The fraction of sp³-hybridized carbons (Fsp3) is 0.632. The standard InChI is InChI=1S/C19H26F2O/c1-3-4-5-14-6-8-15(9-7-14)16-10-11-17(18(21)12-16)19(22)13(2)20/h10-15H,3-9H2,1-2H3. The number of ketones is 1. The molecule has 1 nitrogen and oxygen atoms in total. The number of rotatable bonds is 6. The summed E-state index contributed by atoms with van der Waals surface area (Å²) in [6.07, 6.45) is 6.76. The molecule has 2 rings (SSSR count). The molecule has 1 fully saturated rings. The lowest BCUT2D eigenvalue weighted by molar-refractivity contribution is 0.0888. The van der Waals surface area contributed by atoms with Crippen molar-refractivity contribution >= 4 is 5.78 Å². The van der Waals surface area contributed by atoms with E-state index in [1.54, 1.807) is 6.07 Å². The van der Waals surface area contributed by atoms with Gasteiger partial charge in [-0.1, -0.05) is 32.3 Å². The average Bonchev–Trinajstić information content (AvgIpc) is 2.52. The Morgan fingerprint density at radius 2 is 1.95 bits per heavy atom. The predicted molar refractivity (Wildman–Crippen MR) is 85.5 cm³/mol. The van der Waals surface area contributed by atoms with Crippen LogP contribution in [0.4, 0.5) is 8.78 Å². The van der Waals surface area contributed by atoms with E-state index in [0.29, 0.717) is 5.92 Å². The van der Waals surface area contributed by atoms with Gasteiger partial charge >= 0.3 is 0 Å². The molecule has 0 aliphatic heterocycles. The van der Waals surface area contributed by atoms with Crippen LogP contribution in [0.25, 0.3) is 0 Å². The van der Waals surface area contributed by atoms with Crippen molar-refractivity contribution in [3.63, 3.8) is 0 Å². The van der Waals surface area contributed by atoms with Gasteiger partial charge in [0, 0.05) is 0 Å². The van der Waals surface area contributed by atoms with Crippen molar-refractivity contribution < 1.29 is 13.6 Å². The van der Waals surface area contributed by atoms with Gasteiger partial charge in [-0.25, -0.2) is 8.78 Å². The van der Waals surface area contributed by atoms with Gasteiger partial charge in [-0.15, -0.1) is 0 Å². The van der Waals surface area contributed by atoms with E-state index >= 15 is 0 Å². The van der Waals surface area contributed by atoms with Crippen molar-refractivity contribution in [3.8, 4) is 0 Å². The van der Waals surface area contributed by atoms with Gasteiger partial charge in [-0.05, 0) is 62.1 Å². The summed E-state index contributed by atoms with van der Waals surface area (Å²) in [4.78, 5) is 11.6. The maximum atomic E-state index is 14.1. The minimum Gasteiger partial charge on any atom is -0.291 e. The van der Waals surface area contributed by atoms with Gasteiger partial charge in [0.05, 0.1) is 5.56 Å². The van der Waals surface area contributed by atoms with Crippen molar-refractivity contribution in [2.45, 2.75) is 70.9 Å². The van der Waals surface area contributed by atoms with Crippen LogP contribution < -0.4 is 0 Å². The molecule has 0 spiro atoms. The summed E-state index contributed by atoms with van der Waals surface area (Å²) in [5.41, 5.74) is 0.824. The van der Waals surface area contributed by atoms with Gasteiger partial charge in [-0.3, -0.25) is 4.79 Å². The highest BCUT2D eigenvalue weighted by Gasteiger charge is 2.24. The Morgan fingerprint density at radius 3 is 2.50 bits per heavy atom.